The van der Waals surface area contributed by atoms with E-state index in [0.29, 0.717) is 13.2 Å². The molecule has 19 heavy (non-hydrogen) atoms. The van der Waals surface area contributed by atoms with Gasteiger partial charge in [0, 0.05) is 31.7 Å². The van der Waals surface area contributed by atoms with E-state index in [0.717, 1.165) is 32.1 Å². The summed E-state index contributed by atoms with van der Waals surface area (Å²) in [6.45, 7) is 5.16. The summed E-state index contributed by atoms with van der Waals surface area (Å²) in [5, 5.41) is 15.8. The highest BCUT2D eigenvalue weighted by Crippen LogP contribution is 2.35. The molecule has 3 unspecified atom stereocenters. The smallest absolute Gasteiger partial charge is 0.315 e. The fourth-order valence-electron chi connectivity index (χ4n) is 2.51. The molecule has 1 saturated carbocycles. The van der Waals surface area contributed by atoms with Crippen LogP contribution in [0.2, 0.25) is 0 Å². The maximum absolute atomic E-state index is 11.8. The zero-order valence-corrected chi connectivity index (χ0v) is 12.4. The SMILES string of the molecule is COCCC(C)NC(=O)NCC1(C)CCCCC1O. The van der Waals surface area contributed by atoms with E-state index < -0.39 is 0 Å². The molecule has 3 N–H and O–H groups in total. The molecular weight excluding hydrogens is 244 g/mol. The summed E-state index contributed by atoms with van der Waals surface area (Å²) in [5.74, 6) is 0. The molecule has 2 amide bonds. The molecule has 0 bridgehead atoms. The van der Waals surface area contributed by atoms with Gasteiger partial charge in [0.05, 0.1) is 6.10 Å². The minimum absolute atomic E-state index is 0.0871. The van der Waals surface area contributed by atoms with Crippen LogP contribution in [-0.4, -0.2) is 43.5 Å². The largest absolute Gasteiger partial charge is 0.392 e. The van der Waals surface area contributed by atoms with Gasteiger partial charge in [-0.1, -0.05) is 19.8 Å². The van der Waals surface area contributed by atoms with Gasteiger partial charge in [0.1, 0.15) is 0 Å². The van der Waals surface area contributed by atoms with Crippen molar-refractivity contribution in [2.24, 2.45) is 5.41 Å². The average Bonchev–Trinajstić information content (AvgIpc) is 2.38. The maximum Gasteiger partial charge on any atom is 0.315 e. The number of methoxy groups -OCH3 is 1. The number of carbonyl (C=O) groups excluding carboxylic acids is 1. The Labute approximate surface area is 116 Å². The van der Waals surface area contributed by atoms with Gasteiger partial charge >= 0.3 is 6.03 Å². The first-order chi connectivity index (χ1) is 8.98. The number of ether oxygens (including phenoxy) is 1. The highest BCUT2D eigenvalue weighted by molar-refractivity contribution is 5.74. The number of rotatable bonds is 6. The third-order valence-electron chi connectivity index (χ3n) is 4.07. The Morgan fingerprint density at radius 2 is 2.26 bits per heavy atom. The molecule has 1 fully saturated rings. The average molecular weight is 272 g/mol. The van der Waals surface area contributed by atoms with Crippen molar-refractivity contribution in [2.75, 3.05) is 20.3 Å². The Kier molecular flexibility index (Phi) is 6.58. The van der Waals surface area contributed by atoms with Crippen molar-refractivity contribution in [3.8, 4) is 0 Å². The standard InChI is InChI=1S/C14H28N2O3/c1-11(7-9-19-3)16-13(18)15-10-14(2)8-5-4-6-12(14)17/h11-12,17H,4-10H2,1-3H3,(H2,15,16,18). The van der Waals surface area contributed by atoms with E-state index in [-0.39, 0.29) is 23.6 Å². The van der Waals surface area contributed by atoms with Crippen LogP contribution in [0.1, 0.15) is 46.0 Å². The van der Waals surface area contributed by atoms with Gasteiger partial charge in [0.25, 0.3) is 0 Å². The van der Waals surface area contributed by atoms with Gasteiger partial charge < -0.3 is 20.5 Å². The second-order valence-corrected chi connectivity index (χ2v) is 5.93. The van der Waals surface area contributed by atoms with Crippen molar-refractivity contribution in [3.05, 3.63) is 0 Å². The summed E-state index contributed by atoms with van der Waals surface area (Å²) in [7, 11) is 1.65. The highest BCUT2D eigenvalue weighted by atomic mass is 16.5. The molecule has 0 heterocycles. The van der Waals surface area contributed by atoms with Crippen molar-refractivity contribution in [3.63, 3.8) is 0 Å². The maximum atomic E-state index is 11.8. The van der Waals surface area contributed by atoms with Crippen molar-refractivity contribution >= 4 is 6.03 Å². The first kappa shape index (κ1) is 16.2. The summed E-state index contributed by atoms with van der Waals surface area (Å²) in [5.41, 5.74) is -0.189. The number of hydrogen-bond acceptors (Lipinski definition) is 3. The molecule has 0 aromatic heterocycles. The van der Waals surface area contributed by atoms with Crippen LogP contribution < -0.4 is 10.6 Å². The number of aliphatic hydroxyl groups excluding tert-OH is 1. The molecule has 1 aliphatic carbocycles. The fraction of sp³-hybridized carbons (Fsp3) is 0.929. The Bertz CT molecular complexity index is 286. The van der Waals surface area contributed by atoms with E-state index in [1.165, 1.54) is 0 Å². The van der Waals surface area contributed by atoms with E-state index >= 15 is 0 Å². The summed E-state index contributed by atoms with van der Waals surface area (Å²) in [6.07, 6.45) is 4.49. The summed E-state index contributed by atoms with van der Waals surface area (Å²) >= 11 is 0. The number of hydrogen-bond donors (Lipinski definition) is 3. The van der Waals surface area contributed by atoms with Gasteiger partial charge in [-0.15, -0.1) is 0 Å². The number of urea groups is 1. The third kappa shape index (κ3) is 5.37. The Balaban J connectivity index is 2.29. The lowest BCUT2D eigenvalue weighted by atomic mass is 9.73. The number of carbonyl (C=O) groups is 1. The molecular formula is C14H28N2O3. The quantitative estimate of drug-likeness (QED) is 0.688. The van der Waals surface area contributed by atoms with Crippen LogP contribution in [0.3, 0.4) is 0 Å². The van der Waals surface area contributed by atoms with Gasteiger partial charge in [-0.25, -0.2) is 4.79 Å². The highest BCUT2D eigenvalue weighted by Gasteiger charge is 2.35. The lowest BCUT2D eigenvalue weighted by molar-refractivity contribution is 0.00304. The monoisotopic (exact) mass is 272 g/mol. The Morgan fingerprint density at radius 1 is 1.53 bits per heavy atom. The number of nitrogens with one attached hydrogen (secondary N) is 2. The molecule has 1 rings (SSSR count). The van der Waals surface area contributed by atoms with Gasteiger partial charge in [0.2, 0.25) is 0 Å². The van der Waals surface area contributed by atoms with Crippen LogP contribution in [0.5, 0.6) is 0 Å². The molecule has 3 atom stereocenters. The van der Waals surface area contributed by atoms with Crippen molar-refractivity contribution in [1.29, 1.82) is 0 Å². The minimum atomic E-state index is -0.313. The van der Waals surface area contributed by atoms with E-state index in [9.17, 15) is 9.90 Å². The summed E-state index contributed by atoms with van der Waals surface area (Å²) < 4.78 is 4.97. The second-order valence-electron chi connectivity index (χ2n) is 5.93. The van der Waals surface area contributed by atoms with Crippen LogP contribution in [0.25, 0.3) is 0 Å². The molecule has 1 aliphatic rings. The van der Waals surface area contributed by atoms with Crippen LogP contribution >= 0.6 is 0 Å². The fourth-order valence-corrected chi connectivity index (χ4v) is 2.51. The first-order valence-corrected chi connectivity index (χ1v) is 7.19. The van der Waals surface area contributed by atoms with E-state index in [1.807, 2.05) is 13.8 Å². The molecule has 0 spiro atoms. The molecule has 5 nitrogen and oxygen atoms in total. The number of aliphatic hydroxyl groups is 1. The number of amides is 2. The van der Waals surface area contributed by atoms with Crippen molar-refractivity contribution in [2.45, 2.75) is 58.1 Å². The lowest BCUT2D eigenvalue weighted by Gasteiger charge is -2.38. The third-order valence-corrected chi connectivity index (χ3v) is 4.07. The van der Waals surface area contributed by atoms with E-state index in [1.54, 1.807) is 7.11 Å². The van der Waals surface area contributed by atoms with Gasteiger partial charge in [-0.3, -0.25) is 0 Å². The molecule has 0 aliphatic heterocycles. The van der Waals surface area contributed by atoms with Gasteiger partial charge in [-0.2, -0.15) is 0 Å². The topological polar surface area (TPSA) is 70.6 Å². The van der Waals surface area contributed by atoms with E-state index in [2.05, 4.69) is 10.6 Å². The summed E-state index contributed by atoms with van der Waals surface area (Å²) in [6, 6.07) is -0.0772. The van der Waals surface area contributed by atoms with Gasteiger partial charge in [-0.05, 0) is 26.2 Å². The zero-order chi connectivity index (χ0) is 14.3. The van der Waals surface area contributed by atoms with Crippen LogP contribution in [0.4, 0.5) is 4.79 Å². The molecule has 5 heteroatoms. The van der Waals surface area contributed by atoms with Crippen molar-refractivity contribution in [1.82, 2.24) is 10.6 Å². The van der Waals surface area contributed by atoms with Crippen LogP contribution in [0.15, 0.2) is 0 Å². The molecule has 0 aromatic carbocycles. The lowest BCUT2D eigenvalue weighted by Crippen LogP contribution is -2.49. The van der Waals surface area contributed by atoms with E-state index in [4.69, 9.17) is 4.74 Å². The Morgan fingerprint density at radius 3 is 2.89 bits per heavy atom. The van der Waals surface area contributed by atoms with Crippen LogP contribution in [0, 0.1) is 5.41 Å². The second kappa shape index (κ2) is 7.70. The first-order valence-electron chi connectivity index (χ1n) is 7.19. The van der Waals surface area contributed by atoms with Crippen LogP contribution in [-0.2, 0) is 4.74 Å². The van der Waals surface area contributed by atoms with Crippen molar-refractivity contribution < 1.29 is 14.6 Å². The predicted octanol–water partition coefficient (Wildman–Crippen LogP) is 1.65. The normalized spacial score (nSPS) is 28.7. The summed E-state index contributed by atoms with van der Waals surface area (Å²) in [4.78, 5) is 11.8. The predicted molar refractivity (Wildman–Crippen MR) is 75.1 cm³/mol. The molecule has 0 aromatic rings. The van der Waals surface area contributed by atoms with Gasteiger partial charge in [0.15, 0.2) is 0 Å². The zero-order valence-electron chi connectivity index (χ0n) is 12.4. The molecule has 0 saturated heterocycles. The minimum Gasteiger partial charge on any atom is -0.392 e. The Hall–Kier alpha value is -0.810. The molecule has 0 radical (unpaired) electrons. The molecule has 112 valence electrons.